The minimum absolute atomic E-state index is 0.0721. The normalized spacial score (nSPS) is 16.7. The van der Waals surface area contributed by atoms with E-state index < -0.39 is 12.1 Å². The smallest absolute Gasteiger partial charge is 0.407 e. The summed E-state index contributed by atoms with van der Waals surface area (Å²) in [6.07, 6.45) is 15.5. The van der Waals surface area contributed by atoms with Gasteiger partial charge in [0.25, 0.3) is 0 Å². The van der Waals surface area contributed by atoms with E-state index in [2.05, 4.69) is 106 Å². The minimum atomic E-state index is -0.573. The van der Waals surface area contributed by atoms with Crippen LogP contribution in [0.3, 0.4) is 0 Å². The van der Waals surface area contributed by atoms with Crippen molar-refractivity contribution in [3.63, 3.8) is 0 Å². The van der Waals surface area contributed by atoms with E-state index >= 15 is 0 Å². The molecule has 6 N–H and O–H groups in total. The molecule has 6 rings (SSSR count). The van der Waals surface area contributed by atoms with Gasteiger partial charge in [-0.15, -0.1) is 0 Å². The Morgan fingerprint density at radius 3 is 2.45 bits per heavy atom. The second kappa shape index (κ2) is 23.4. The van der Waals surface area contributed by atoms with Crippen LogP contribution in [0.25, 0.3) is 23.4 Å². The first-order valence-electron chi connectivity index (χ1n) is 20.4. The van der Waals surface area contributed by atoms with Gasteiger partial charge >= 0.3 is 6.09 Å². The number of aromatic amines is 2. The quantitative estimate of drug-likeness (QED) is 0.0954. The number of nitrogens with one attached hydrogen (secondary N) is 4. The van der Waals surface area contributed by atoms with Gasteiger partial charge in [-0.05, 0) is 98.0 Å². The number of nitrogens with two attached hydrogens (primary N) is 1. The Bertz CT molecular complexity index is 1860. The van der Waals surface area contributed by atoms with Crippen molar-refractivity contribution in [3.8, 4) is 11.3 Å². The summed E-state index contributed by atoms with van der Waals surface area (Å²) in [5.74, 6) is 2.13. The van der Waals surface area contributed by atoms with E-state index in [0.29, 0.717) is 18.9 Å². The van der Waals surface area contributed by atoms with Crippen molar-refractivity contribution >= 4 is 36.8 Å². The summed E-state index contributed by atoms with van der Waals surface area (Å²) < 4.78 is 9.17. The molecule has 58 heavy (non-hydrogen) atoms. The fourth-order valence-electron chi connectivity index (χ4n) is 7.26. The van der Waals surface area contributed by atoms with Gasteiger partial charge in [0.05, 0.1) is 36.8 Å². The summed E-state index contributed by atoms with van der Waals surface area (Å²) in [7, 11) is 4.99. The molecule has 3 heterocycles. The van der Waals surface area contributed by atoms with Gasteiger partial charge in [-0.1, -0.05) is 66.2 Å². The maximum Gasteiger partial charge on any atom is 0.407 e. The van der Waals surface area contributed by atoms with Crippen LogP contribution in [0.5, 0.6) is 0 Å². The van der Waals surface area contributed by atoms with Gasteiger partial charge in [0.1, 0.15) is 24.5 Å². The molecule has 0 saturated carbocycles. The van der Waals surface area contributed by atoms with Gasteiger partial charge in [-0.25, -0.2) is 14.8 Å². The molecule has 14 nitrogen and oxygen atoms in total. The second-order valence-corrected chi connectivity index (χ2v) is 15.6. The van der Waals surface area contributed by atoms with Crippen molar-refractivity contribution in [2.45, 2.75) is 110 Å². The number of ether oxygens (including phenoxy) is 2. The Kier molecular flexibility index (Phi) is 19.0. The zero-order valence-corrected chi connectivity index (χ0v) is 36.0. The number of unbranched alkanes of at least 4 members (excludes halogenated alkanes) is 1. The molecular weight excluding hydrogens is 737 g/mol. The van der Waals surface area contributed by atoms with Crippen molar-refractivity contribution in [1.29, 1.82) is 0 Å². The van der Waals surface area contributed by atoms with Crippen LogP contribution in [0.2, 0.25) is 0 Å². The Morgan fingerprint density at radius 2 is 1.83 bits per heavy atom. The third-order valence-electron chi connectivity index (χ3n) is 10.4. The van der Waals surface area contributed by atoms with Crippen LogP contribution in [0.15, 0.2) is 35.5 Å². The number of aldehydes is 1. The number of allylic oxidation sites excluding steroid dienone is 2. The van der Waals surface area contributed by atoms with Crippen LogP contribution in [0, 0.1) is 5.92 Å². The number of imidazole rings is 2. The molecule has 14 heteroatoms. The highest BCUT2D eigenvalue weighted by atomic mass is 16.5. The van der Waals surface area contributed by atoms with Crippen molar-refractivity contribution in [2.75, 3.05) is 41.0 Å². The van der Waals surface area contributed by atoms with Crippen LogP contribution >= 0.6 is 0 Å². The summed E-state index contributed by atoms with van der Waals surface area (Å²) >= 11 is 0. The van der Waals surface area contributed by atoms with Gasteiger partial charge in [0.15, 0.2) is 0 Å². The van der Waals surface area contributed by atoms with Crippen LogP contribution in [-0.2, 0) is 42.1 Å². The highest BCUT2D eigenvalue weighted by Crippen LogP contribution is 2.48. The lowest BCUT2D eigenvalue weighted by molar-refractivity contribution is -0.124. The maximum atomic E-state index is 11.5. The molecule has 2 aromatic heterocycles. The number of nitrogens with zero attached hydrogens (tertiary/aromatic N) is 3. The summed E-state index contributed by atoms with van der Waals surface area (Å²) in [6.45, 7) is 14.5. The molecule has 2 unspecified atom stereocenters. The average molecular weight is 803 g/mol. The van der Waals surface area contributed by atoms with Gasteiger partial charge in [-0.2, -0.15) is 0 Å². The van der Waals surface area contributed by atoms with E-state index in [1.807, 2.05) is 20.0 Å². The highest BCUT2D eigenvalue weighted by Gasteiger charge is 2.36. The number of aryl methyl sites for hydroxylation is 2. The number of H-pyrrole nitrogens is 2. The van der Waals surface area contributed by atoms with Crippen molar-refractivity contribution in [3.05, 3.63) is 69.7 Å². The number of alkyl carbamates (subject to hydrolysis) is 1. The number of hydrogen-bond acceptors (Lipinski definition) is 9. The zero-order valence-electron chi connectivity index (χ0n) is 36.0. The number of carbonyl (C=O) groups is 4. The molecule has 1 aliphatic heterocycles. The van der Waals surface area contributed by atoms with Gasteiger partial charge in [0, 0.05) is 31.2 Å². The van der Waals surface area contributed by atoms with E-state index in [0.717, 1.165) is 67.2 Å². The summed E-state index contributed by atoms with van der Waals surface area (Å²) in [6, 6.07) is 6.74. The third kappa shape index (κ3) is 13.0. The predicted molar refractivity (Wildman–Crippen MR) is 229 cm³/mol. The molecule has 318 valence electrons. The lowest BCUT2D eigenvalue weighted by Gasteiger charge is -2.28. The average Bonchev–Trinajstić information content (AvgIpc) is 3.99. The highest BCUT2D eigenvalue weighted by molar-refractivity contribution is 5.80. The number of rotatable bonds is 13. The number of methoxy groups -OCH3 is 2. The molecule has 3 amide bonds. The molecule has 2 aliphatic carbocycles. The van der Waals surface area contributed by atoms with Gasteiger partial charge in [0.2, 0.25) is 12.3 Å². The lowest BCUT2D eigenvalue weighted by atomic mass is 9.76. The van der Waals surface area contributed by atoms with Crippen LogP contribution in [0.4, 0.5) is 4.79 Å². The van der Waals surface area contributed by atoms with E-state index in [1.165, 1.54) is 61.4 Å². The molecule has 2 atom stereocenters. The SMILES string of the molecule is CCC.COC(=O)NC(C=O)C(C)C.COCC(=O)NCCCCc1ncc(-c2ccc3c(c2)C(C)(C)C(C2=Cc4nc(C5CCCN5C)[nH]c4CC2)=C3)[nH]1.NC=O. The Labute approximate surface area is 344 Å². The molecule has 1 aromatic carbocycles. The predicted octanol–water partition coefficient (Wildman–Crippen LogP) is 6.44. The van der Waals surface area contributed by atoms with Crippen molar-refractivity contribution in [1.82, 2.24) is 35.5 Å². The molecule has 0 bridgehead atoms. The lowest BCUT2D eigenvalue weighted by Crippen LogP contribution is -2.39. The second-order valence-electron chi connectivity index (χ2n) is 15.6. The number of primary amides is 1. The largest absolute Gasteiger partial charge is 0.453 e. The number of fused-ring (bicyclic) bond motifs is 2. The van der Waals surface area contributed by atoms with E-state index in [4.69, 9.17) is 14.5 Å². The standard InChI is InChI=1S/C33H42N6O2.C7H13NO3.C3H8.CH3NO/c1-33(2)24(22-12-13-26-27(18-22)38-32(37-26)29-8-7-15-39(29)3)16-21-10-11-23(17-25(21)33)28-19-35-30(36-28)9-5-6-14-34-31(40)20-41-4;1-5(2)6(4-9)8-7(10)11-3;1-3-2;2-1-3/h10-11,16-19,29H,5-9,12-15,20H2,1-4H3,(H,34,40)(H,35,36)(H,37,38);4-6H,1-3H3,(H,8,10);3H2,1-2H3;1H,(H2,2,3). The minimum Gasteiger partial charge on any atom is -0.453 e. The molecular formula is C44H66N8O6. The molecule has 1 saturated heterocycles. The zero-order chi connectivity index (χ0) is 42.8. The molecule has 0 spiro atoms. The van der Waals surface area contributed by atoms with Gasteiger partial charge in [-0.3, -0.25) is 14.5 Å². The van der Waals surface area contributed by atoms with Crippen LogP contribution < -0.4 is 16.4 Å². The summed E-state index contributed by atoms with van der Waals surface area (Å²) in [4.78, 5) is 60.3. The molecule has 0 radical (unpaired) electrons. The van der Waals surface area contributed by atoms with Crippen molar-refractivity contribution < 1.29 is 28.7 Å². The number of benzene rings is 1. The van der Waals surface area contributed by atoms with E-state index in [9.17, 15) is 14.4 Å². The Hall–Kier alpha value is -5.08. The van der Waals surface area contributed by atoms with Crippen LogP contribution in [-0.4, -0.2) is 96.5 Å². The number of hydrogen-bond donors (Lipinski definition) is 5. The first kappa shape index (κ1) is 47.3. The Balaban J connectivity index is 0.000000449. The summed E-state index contributed by atoms with van der Waals surface area (Å²) in [5, 5.41) is 5.25. The first-order valence-corrected chi connectivity index (χ1v) is 20.4. The molecule has 3 aliphatic rings. The maximum absolute atomic E-state index is 11.5. The topological polar surface area (TPSA) is 197 Å². The third-order valence-corrected chi connectivity index (χ3v) is 10.4. The van der Waals surface area contributed by atoms with Gasteiger partial charge < -0.3 is 40.6 Å². The number of amides is 3. The number of carbonyl (C=O) groups excluding carboxylic acids is 4. The Morgan fingerprint density at radius 1 is 1.10 bits per heavy atom. The van der Waals surface area contributed by atoms with Crippen molar-refractivity contribution in [2.24, 2.45) is 11.7 Å². The molecule has 3 aromatic rings. The van der Waals surface area contributed by atoms with E-state index in [-0.39, 0.29) is 30.3 Å². The number of aromatic nitrogens is 4. The fourth-order valence-corrected chi connectivity index (χ4v) is 7.26. The monoisotopic (exact) mass is 803 g/mol. The van der Waals surface area contributed by atoms with Crippen LogP contribution in [0.1, 0.15) is 120 Å². The molecule has 1 fully saturated rings. The van der Waals surface area contributed by atoms with E-state index in [1.54, 1.807) is 0 Å². The fraction of sp³-hybridized carbons (Fsp3) is 0.545. The summed E-state index contributed by atoms with van der Waals surface area (Å²) in [5.41, 5.74) is 14.2. The number of likely N-dealkylation sites (tertiary alicyclic amines) is 1. The first-order chi connectivity index (χ1) is 27.8.